The fourth-order valence-corrected chi connectivity index (χ4v) is 1.24. The van der Waals surface area contributed by atoms with E-state index in [1.165, 1.54) is 7.11 Å². The Kier molecular flexibility index (Phi) is 3.78. The molecule has 0 aliphatic rings. The normalized spacial score (nSPS) is 9.57. The van der Waals surface area contributed by atoms with Crippen LogP contribution < -0.4 is 5.32 Å². The molecule has 1 amide bonds. The number of esters is 1. The first-order valence-electron chi connectivity index (χ1n) is 3.45. The van der Waals surface area contributed by atoms with Crippen LogP contribution in [0, 0.1) is 0 Å². The monoisotopic (exact) mass is 235 g/mol. The van der Waals surface area contributed by atoms with Gasteiger partial charge in [0.05, 0.1) is 7.11 Å². The predicted molar refractivity (Wildman–Crippen MR) is 50.6 cm³/mol. The Balaban J connectivity index is 2.68. The smallest absolute Gasteiger partial charge is 0.377 e. The third-order valence-corrected chi connectivity index (χ3v) is 2.03. The highest BCUT2D eigenvalue weighted by atomic mass is 35.5. The average Bonchev–Trinajstić information content (AvgIpc) is 2.65. The van der Waals surface area contributed by atoms with Gasteiger partial charge in [0.25, 0.3) is 5.82 Å². The number of halogens is 1. The third kappa shape index (κ3) is 2.64. The van der Waals surface area contributed by atoms with E-state index in [1.54, 1.807) is 0 Å². The number of hydrogen-bond donors (Lipinski definition) is 1. The Hall–Kier alpha value is -1.21. The number of aromatic nitrogens is 2. The first-order valence-corrected chi connectivity index (χ1v) is 4.76. The van der Waals surface area contributed by atoms with E-state index in [0.717, 1.165) is 11.5 Å². The molecule has 1 N–H and O–H groups in total. The molecule has 0 aliphatic carbocycles. The zero-order valence-corrected chi connectivity index (χ0v) is 8.68. The molecule has 0 spiro atoms. The minimum atomic E-state index is -0.646. The van der Waals surface area contributed by atoms with Gasteiger partial charge in [-0.25, -0.2) is 4.79 Å². The van der Waals surface area contributed by atoms with E-state index in [4.69, 9.17) is 11.6 Å². The fraction of sp³-hybridized carbons (Fsp3) is 0.333. The minimum Gasteiger partial charge on any atom is -0.463 e. The van der Waals surface area contributed by atoms with Crippen molar-refractivity contribution in [1.82, 2.24) is 9.36 Å². The summed E-state index contributed by atoms with van der Waals surface area (Å²) in [6.07, 6.45) is 0. The van der Waals surface area contributed by atoms with Gasteiger partial charge < -0.3 is 4.74 Å². The van der Waals surface area contributed by atoms with Crippen molar-refractivity contribution < 1.29 is 14.3 Å². The highest BCUT2D eigenvalue weighted by Crippen LogP contribution is 2.11. The second-order valence-corrected chi connectivity index (χ2v) is 3.12. The summed E-state index contributed by atoms with van der Waals surface area (Å²) in [6.45, 7) is 0. The molecule has 0 atom stereocenters. The summed E-state index contributed by atoms with van der Waals surface area (Å²) in [4.78, 5) is 25.4. The van der Waals surface area contributed by atoms with Gasteiger partial charge in [0.15, 0.2) is 0 Å². The van der Waals surface area contributed by atoms with E-state index >= 15 is 0 Å². The lowest BCUT2D eigenvalue weighted by atomic mass is 10.6. The van der Waals surface area contributed by atoms with Gasteiger partial charge in [0.1, 0.15) is 5.88 Å². The van der Waals surface area contributed by atoms with Crippen LogP contribution in [0.1, 0.15) is 10.6 Å². The van der Waals surface area contributed by atoms with E-state index in [-0.39, 0.29) is 16.8 Å². The summed E-state index contributed by atoms with van der Waals surface area (Å²) in [5.41, 5.74) is 0. The van der Waals surface area contributed by atoms with Crippen molar-refractivity contribution in [1.29, 1.82) is 0 Å². The Morgan fingerprint density at radius 3 is 2.93 bits per heavy atom. The number of anilines is 1. The van der Waals surface area contributed by atoms with Crippen molar-refractivity contribution in [2.75, 3.05) is 18.3 Å². The van der Waals surface area contributed by atoms with Crippen molar-refractivity contribution in [3.8, 4) is 0 Å². The van der Waals surface area contributed by atoms with E-state index in [9.17, 15) is 9.59 Å². The summed E-state index contributed by atoms with van der Waals surface area (Å²) in [5.74, 6) is -1.30. The van der Waals surface area contributed by atoms with E-state index in [0.29, 0.717) is 0 Å². The van der Waals surface area contributed by atoms with Crippen LogP contribution in [0.5, 0.6) is 0 Å². The Bertz CT molecular complexity index is 354. The van der Waals surface area contributed by atoms with Crippen LogP contribution in [-0.4, -0.2) is 34.2 Å². The first kappa shape index (κ1) is 10.9. The predicted octanol–water partition coefficient (Wildman–Crippen LogP) is 0.502. The van der Waals surface area contributed by atoms with Crippen LogP contribution in [0.4, 0.5) is 5.13 Å². The molecule has 0 fully saturated rings. The molecule has 0 aromatic carbocycles. The van der Waals surface area contributed by atoms with Crippen LogP contribution >= 0.6 is 23.1 Å². The van der Waals surface area contributed by atoms with Gasteiger partial charge in [-0.15, -0.1) is 11.6 Å². The molecule has 0 radical (unpaired) electrons. The number of carbonyl (C=O) groups is 2. The average molecular weight is 236 g/mol. The number of methoxy groups -OCH3 is 1. The van der Waals surface area contributed by atoms with Gasteiger partial charge in [-0.2, -0.15) is 9.36 Å². The van der Waals surface area contributed by atoms with Crippen molar-refractivity contribution in [2.24, 2.45) is 0 Å². The quantitative estimate of drug-likeness (QED) is 0.610. The molecule has 14 heavy (non-hydrogen) atoms. The highest BCUT2D eigenvalue weighted by molar-refractivity contribution is 7.10. The number of alkyl halides is 1. The molecule has 1 heterocycles. The zero-order chi connectivity index (χ0) is 10.6. The van der Waals surface area contributed by atoms with Gasteiger partial charge in [-0.1, -0.05) is 0 Å². The number of rotatable bonds is 3. The van der Waals surface area contributed by atoms with Crippen LogP contribution in [-0.2, 0) is 9.53 Å². The van der Waals surface area contributed by atoms with Crippen LogP contribution in [0.3, 0.4) is 0 Å². The van der Waals surface area contributed by atoms with Crippen molar-refractivity contribution in [2.45, 2.75) is 0 Å². The van der Waals surface area contributed by atoms with Crippen LogP contribution in [0.25, 0.3) is 0 Å². The maximum Gasteiger partial charge on any atom is 0.377 e. The number of hydrogen-bond acceptors (Lipinski definition) is 6. The maximum atomic E-state index is 10.9. The lowest BCUT2D eigenvalue weighted by Crippen LogP contribution is -2.12. The minimum absolute atomic E-state index is 0.0811. The van der Waals surface area contributed by atoms with Gasteiger partial charge in [0.2, 0.25) is 11.0 Å². The summed E-state index contributed by atoms with van der Waals surface area (Å²) in [7, 11) is 1.22. The molecule has 0 bridgehead atoms. The molecular weight excluding hydrogens is 230 g/mol. The van der Waals surface area contributed by atoms with E-state index < -0.39 is 11.9 Å². The van der Waals surface area contributed by atoms with Crippen LogP contribution in [0.2, 0.25) is 0 Å². The molecule has 0 aliphatic heterocycles. The maximum absolute atomic E-state index is 10.9. The van der Waals surface area contributed by atoms with Gasteiger partial charge in [-0.3, -0.25) is 10.1 Å². The third-order valence-electron chi connectivity index (χ3n) is 1.16. The van der Waals surface area contributed by atoms with Gasteiger partial charge in [-0.05, 0) is 0 Å². The SMILES string of the molecule is COC(=O)c1nsc(NC(=O)CCl)n1. The molecular formula is C6H6ClN3O3S. The largest absolute Gasteiger partial charge is 0.463 e. The Labute approximate surface area is 88.4 Å². The Morgan fingerprint density at radius 1 is 1.64 bits per heavy atom. The summed E-state index contributed by atoms with van der Waals surface area (Å²) in [5, 5.41) is 2.58. The van der Waals surface area contributed by atoms with Gasteiger partial charge in [0, 0.05) is 11.5 Å². The summed E-state index contributed by atoms with van der Waals surface area (Å²) >= 11 is 6.14. The van der Waals surface area contributed by atoms with Crippen molar-refractivity contribution in [3.05, 3.63) is 5.82 Å². The van der Waals surface area contributed by atoms with Crippen molar-refractivity contribution >= 4 is 40.1 Å². The zero-order valence-electron chi connectivity index (χ0n) is 7.11. The fourth-order valence-electron chi connectivity index (χ4n) is 0.601. The Morgan fingerprint density at radius 2 is 2.36 bits per heavy atom. The summed E-state index contributed by atoms with van der Waals surface area (Å²) in [6, 6.07) is 0. The first-order chi connectivity index (χ1) is 6.67. The number of amides is 1. The molecule has 1 rings (SSSR count). The van der Waals surface area contributed by atoms with E-state index in [1.807, 2.05) is 0 Å². The van der Waals surface area contributed by atoms with E-state index in [2.05, 4.69) is 19.4 Å². The molecule has 0 saturated heterocycles. The molecule has 0 unspecified atom stereocenters. The second kappa shape index (κ2) is 4.87. The molecule has 1 aromatic rings. The molecule has 0 saturated carbocycles. The van der Waals surface area contributed by atoms with Crippen molar-refractivity contribution in [3.63, 3.8) is 0 Å². The molecule has 76 valence electrons. The number of ether oxygens (including phenoxy) is 1. The second-order valence-electron chi connectivity index (χ2n) is 2.10. The lowest BCUT2D eigenvalue weighted by Gasteiger charge is -1.94. The number of nitrogens with zero attached hydrogens (tertiary/aromatic N) is 2. The topological polar surface area (TPSA) is 81.2 Å². The number of carbonyl (C=O) groups excluding carboxylic acids is 2. The van der Waals surface area contributed by atoms with Gasteiger partial charge >= 0.3 is 5.97 Å². The lowest BCUT2D eigenvalue weighted by molar-refractivity contribution is -0.113. The molecule has 8 heteroatoms. The summed E-state index contributed by atoms with van der Waals surface area (Å²) < 4.78 is 8.06. The highest BCUT2D eigenvalue weighted by Gasteiger charge is 2.13. The van der Waals surface area contributed by atoms with Crippen LogP contribution in [0.15, 0.2) is 0 Å². The molecule has 6 nitrogen and oxygen atoms in total. The standard InChI is InChI=1S/C6H6ClN3O3S/c1-13-5(12)4-9-6(14-10-4)8-3(11)2-7/h2H2,1H3,(H,8,9,10,11). The molecule has 1 aromatic heterocycles. The number of nitrogens with one attached hydrogen (secondary N) is 1.